The van der Waals surface area contributed by atoms with Crippen LogP contribution in [0.1, 0.15) is 32.8 Å². The maximum absolute atomic E-state index is 12.5. The van der Waals surface area contributed by atoms with Crippen LogP contribution < -0.4 is 5.32 Å². The van der Waals surface area contributed by atoms with Crippen molar-refractivity contribution in [2.45, 2.75) is 12.8 Å². The number of rotatable bonds is 6. The maximum atomic E-state index is 12.5. The molecular weight excluding hydrogens is 406 g/mol. The van der Waals surface area contributed by atoms with E-state index in [-0.39, 0.29) is 24.8 Å². The van der Waals surface area contributed by atoms with Gasteiger partial charge in [-0.2, -0.15) is 0 Å². The lowest BCUT2D eigenvalue weighted by molar-refractivity contribution is -0.116. The average molecular weight is 424 g/mol. The normalized spacial score (nSPS) is 12.9. The highest BCUT2D eigenvalue weighted by molar-refractivity contribution is 7.15. The summed E-state index contributed by atoms with van der Waals surface area (Å²) in [5.74, 6) is -0.299. The largest absolute Gasteiger partial charge is 0.308 e. The van der Waals surface area contributed by atoms with Crippen molar-refractivity contribution in [1.82, 2.24) is 9.88 Å². The molecule has 1 aliphatic rings. The first kappa shape index (κ1) is 19.4. The zero-order valence-corrected chi connectivity index (χ0v) is 17.1. The second-order valence-electron chi connectivity index (χ2n) is 6.68. The number of nitrogens with zero attached hydrogens (tertiary/aromatic N) is 2. The highest BCUT2D eigenvalue weighted by atomic mass is 35.5. The van der Waals surface area contributed by atoms with Crippen LogP contribution >= 0.6 is 22.9 Å². The first-order valence-corrected chi connectivity index (χ1v) is 10.3. The third-order valence-corrected chi connectivity index (χ3v) is 5.86. The van der Waals surface area contributed by atoms with Crippen LogP contribution in [0, 0.1) is 0 Å². The number of carbonyl (C=O) groups excluding carboxylic acids is 2. The van der Waals surface area contributed by atoms with Gasteiger partial charge in [0.05, 0.1) is 0 Å². The minimum Gasteiger partial charge on any atom is -0.308 e. The molecule has 0 saturated heterocycles. The molecule has 0 atom stereocenters. The number of hydrogen-bond acceptors (Lipinski definition) is 4. The molecule has 7 heteroatoms. The summed E-state index contributed by atoms with van der Waals surface area (Å²) in [4.78, 5) is 31.7. The molecule has 146 valence electrons. The average Bonchev–Trinajstić information content (AvgIpc) is 3.25. The van der Waals surface area contributed by atoms with Crippen LogP contribution in [0.2, 0.25) is 5.02 Å². The molecular formula is C22H18ClN3O2S. The molecule has 1 aliphatic heterocycles. The van der Waals surface area contributed by atoms with E-state index in [1.165, 1.54) is 11.3 Å². The molecule has 0 aliphatic carbocycles. The van der Waals surface area contributed by atoms with Crippen molar-refractivity contribution in [3.8, 4) is 0 Å². The van der Waals surface area contributed by atoms with Crippen LogP contribution in [0.3, 0.4) is 0 Å². The predicted octanol–water partition coefficient (Wildman–Crippen LogP) is 4.84. The Kier molecular flexibility index (Phi) is 5.47. The molecule has 3 aromatic rings. The lowest BCUT2D eigenvalue weighted by Gasteiger charge is -2.16. The van der Waals surface area contributed by atoms with Gasteiger partial charge in [-0.3, -0.25) is 9.59 Å². The van der Waals surface area contributed by atoms with Crippen molar-refractivity contribution in [2.75, 3.05) is 11.9 Å². The molecule has 29 heavy (non-hydrogen) atoms. The number of nitrogens with one attached hydrogen (secondary N) is 1. The Morgan fingerprint density at radius 3 is 2.59 bits per heavy atom. The summed E-state index contributed by atoms with van der Waals surface area (Å²) < 4.78 is 0. The van der Waals surface area contributed by atoms with Crippen molar-refractivity contribution < 1.29 is 9.59 Å². The molecule has 2 amide bonds. The van der Waals surface area contributed by atoms with Crippen LogP contribution in [0.25, 0.3) is 5.70 Å². The van der Waals surface area contributed by atoms with Gasteiger partial charge in [-0.05, 0) is 23.8 Å². The van der Waals surface area contributed by atoms with Crippen LogP contribution in [0.5, 0.6) is 0 Å². The number of carbonyl (C=O) groups is 2. The van der Waals surface area contributed by atoms with Crippen LogP contribution in [-0.2, 0) is 11.2 Å². The molecule has 2 heterocycles. The fourth-order valence-corrected chi connectivity index (χ4v) is 4.21. The lowest BCUT2D eigenvalue weighted by Crippen LogP contribution is -2.27. The van der Waals surface area contributed by atoms with Gasteiger partial charge in [0.15, 0.2) is 5.13 Å². The van der Waals surface area contributed by atoms with Gasteiger partial charge in [0.2, 0.25) is 5.91 Å². The van der Waals surface area contributed by atoms with Crippen molar-refractivity contribution >= 4 is 45.6 Å². The minimum absolute atomic E-state index is 0.113. The smallest absolute Gasteiger partial charge is 0.258 e. The number of aromatic nitrogens is 1. The Labute approximate surface area is 177 Å². The van der Waals surface area contributed by atoms with Crippen LogP contribution in [0.15, 0.2) is 61.3 Å². The van der Waals surface area contributed by atoms with Crippen LogP contribution in [0.4, 0.5) is 5.13 Å². The highest BCUT2D eigenvalue weighted by Crippen LogP contribution is 2.31. The molecule has 0 fully saturated rings. The van der Waals surface area contributed by atoms with Crippen LogP contribution in [-0.4, -0.2) is 28.2 Å². The van der Waals surface area contributed by atoms with Crippen molar-refractivity contribution in [3.05, 3.63) is 87.9 Å². The first-order chi connectivity index (χ1) is 14.0. The number of hydrogen-bond donors (Lipinski definition) is 1. The number of amides is 2. The first-order valence-electron chi connectivity index (χ1n) is 9.10. The van der Waals surface area contributed by atoms with E-state index in [2.05, 4.69) is 16.9 Å². The Morgan fingerprint density at radius 2 is 1.86 bits per heavy atom. The van der Waals surface area contributed by atoms with Gasteiger partial charge < -0.3 is 10.2 Å². The van der Waals surface area contributed by atoms with Gasteiger partial charge in [0.25, 0.3) is 5.91 Å². The van der Waals surface area contributed by atoms with Gasteiger partial charge in [-0.1, -0.05) is 48.5 Å². The second-order valence-corrected chi connectivity index (χ2v) is 8.23. The van der Waals surface area contributed by atoms with Crippen molar-refractivity contribution in [3.63, 3.8) is 0 Å². The molecule has 4 rings (SSSR count). The predicted molar refractivity (Wildman–Crippen MR) is 116 cm³/mol. The van der Waals surface area contributed by atoms with E-state index in [4.69, 9.17) is 11.6 Å². The lowest BCUT2D eigenvalue weighted by atomic mass is 10.1. The van der Waals surface area contributed by atoms with Crippen molar-refractivity contribution in [1.29, 1.82) is 0 Å². The van der Waals surface area contributed by atoms with E-state index < -0.39 is 0 Å². The zero-order chi connectivity index (χ0) is 20.4. The van der Waals surface area contributed by atoms with Gasteiger partial charge in [0, 0.05) is 52.3 Å². The molecule has 0 bridgehead atoms. The molecule has 0 saturated carbocycles. The summed E-state index contributed by atoms with van der Waals surface area (Å²) in [6, 6.07) is 15.0. The maximum Gasteiger partial charge on any atom is 0.258 e. The number of halogens is 1. The monoisotopic (exact) mass is 423 g/mol. The Balaban J connectivity index is 1.32. The summed E-state index contributed by atoms with van der Waals surface area (Å²) in [6.45, 7) is 4.27. The van der Waals surface area contributed by atoms with E-state index in [0.29, 0.717) is 21.4 Å². The standard InChI is InChI=1S/C22H18ClN3O2S/c1-14-18-4-2-3-5-19(18)21(28)26(14)11-10-20(27)25-22-24-13-17(29-22)12-15-6-8-16(23)9-7-15/h2-9,13H,1,10-12H2,(H,24,25,27). The van der Waals surface area contributed by atoms with E-state index in [1.807, 2.05) is 42.5 Å². The van der Waals surface area contributed by atoms with E-state index in [9.17, 15) is 9.59 Å². The quantitative estimate of drug-likeness (QED) is 0.616. The Bertz CT molecular complexity index is 1060. The number of thiazole rings is 1. The molecule has 2 aromatic carbocycles. The topological polar surface area (TPSA) is 62.3 Å². The van der Waals surface area contributed by atoms with Gasteiger partial charge in [-0.15, -0.1) is 11.3 Å². The van der Waals surface area contributed by atoms with Gasteiger partial charge in [-0.25, -0.2) is 4.98 Å². The summed E-state index contributed by atoms with van der Waals surface area (Å²) >= 11 is 7.35. The molecule has 0 radical (unpaired) electrons. The molecule has 0 unspecified atom stereocenters. The number of anilines is 1. The van der Waals surface area contributed by atoms with E-state index in [0.717, 1.165) is 22.4 Å². The van der Waals surface area contributed by atoms with E-state index >= 15 is 0 Å². The zero-order valence-electron chi connectivity index (χ0n) is 15.5. The van der Waals surface area contributed by atoms with Crippen molar-refractivity contribution in [2.24, 2.45) is 0 Å². The van der Waals surface area contributed by atoms with Gasteiger partial charge in [0.1, 0.15) is 0 Å². The summed E-state index contributed by atoms with van der Waals surface area (Å²) in [5.41, 5.74) is 3.22. The molecule has 0 spiro atoms. The molecule has 1 aromatic heterocycles. The second kappa shape index (κ2) is 8.19. The Hall–Kier alpha value is -2.96. The fourth-order valence-electron chi connectivity index (χ4n) is 3.22. The summed E-state index contributed by atoms with van der Waals surface area (Å²) in [7, 11) is 0. The third-order valence-electron chi connectivity index (χ3n) is 4.69. The SMILES string of the molecule is C=C1c2ccccc2C(=O)N1CCC(=O)Nc1ncc(Cc2ccc(Cl)cc2)s1. The number of fused-ring (bicyclic) bond motifs is 1. The minimum atomic E-state index is -0.186. The Morgan fingerprint density at radius 1 is 1.14 bits per heavy atom. The highest BCUT2D eigenvalue weighted by Gasteiger charge is 2.30. The summed E-state index contributed by atoms with van der Waals surface area (Å²) in [5, 5.41) is 4.06. The number of benzene rings is 2. The van der Waals surface area contributed by atoms with E-state index in [1.54, 1.807) is 17.2 Å². The summed E-state index contributed by atoms with van der Waals surface area (Å²) in [6.07, 6.45) is 2.66. The molecule has 1 N–H and O–H groups in total. The fraction of sp³-hybridized carbons (Fsp3) is 0.136. The van der Waals surface area contributed by atoms with Gasteiger partial charge >= 0.3 is 0 Å². The molecule has 5 nitrogen and oxygen atoms in total. The third kappa shape index (κ3) is 4.23.